The van der Waals surface area contributed by atoms with Crippen molar-refractivity contribution in [3.63, 3.8) is 0 Å². The van der Waals surface area contributed by atoms with Crippen molar-refractivity contribution in [3.05, 3.63) is 42.5 Å². The van der Waals surface area contributed by atoms with Gasteiger partial charge in [-0.15, -0.1) is 25.6 Å². The molecule has 1 fully saturated rings. The van der Waals surface area contributed by atoms with Gasteiger partial charge in [0.05, 0.1) is 7.11 Å². The molecule has 0 unspecified atom stereocenters. The third-order valence-corrected chi connectivity index (χ3v) is 3.61. The number of hydrogen-bond donors (Lipinski definition) is 1. The summed E-state index contributed by atoms with van der Waals surface area (Å²) in [5.41, 5.74) is 1.30. The van der Waals surface area contributed by atoms with Crippen LogP contribution in [0.15, 0.2) is 42.5 Å². The fraction of sp³-hybridized carbons (Fsp3) is 0.294. The van der Waals surface area contributed by atoms with Crippen molar-refractivity contribution < 1.29 is 27.4 Å². The summed E-state index contributed by atoms with van der Waals surface area (Å²) in [6.45, 7) is 1.20. The van der Waals surface area contributed by atoms with Gasteiger partial charge in [-0.2, -0.15) is 0 Å². The highest BCUT2D eigenvalue weighted by molar-refractivity contribution is 5.85. The van der Waals surface area contributed by atoms with E-state index in [9.17, 15) is 13.2 Å². The molecule has 0 bridgehead atoms. The maximum Gasteiger partial charge on any atom is 0.573 e. The lowest BCUT2D eigenvalue weighted by atomic mass is 10.0. The van der Waals surface area contributed by atoms with Crippen LogP contribution in [0.3, 0.4) is 0 Å². The van der Waals surface area contributed by atoms with Gasteiger partial charge in [0.15, 0.2) is 11.5 Å². The number of rotatable bonds is 5. The molecule has 1 N–H and O–H groups in total. The molecule has 0 aromatic heterocycles. The number of hydrogen-bond acceptors (Lipinski definition) is 4. The molecule has 0 amide bonds. The quantitative estimate of drug-likeness (QED) is 0.856. The number of benzene rings is 2. The Labute approximate surface area is 149 Å². The second-order valence-electron chi connectivity index (χ2n) is 5.34. The molecule has 3 rings (SSSR count). The molecule has 25 heavy (non-hydrogen) atoms. The lowest BCUT2D eigenvalue weighted by Gasteiger charge is -2.28. The van der Waals surface area contributed by atoms with Crippen LogP contribution >= 0.6 is 12.4 Å². The maximum absolute atomic E-state index is 12.7. The van der Waals surface area contributed by atoms with Crippen LogP contribution < -0.4 is 19.5 Å². The first-order valence-electron chi connectivity index (χ1n) is 7.36. The molecule has 1 heterocycles. The van der Waals surface area contributed by atoms with E-state index in [2.05, 4.69) is 10.1 Å². The number of ether oxygens (including phenoxy) is 3. The summed E-state index contributed by atoms with van der Waals surface area (Å²) in [4.78, 5) is 0. The van der Waals surface area contributed by atoms with Gasteiger partial charge in [0.2, 0.25) is 0 Å². The predicted octanol–water partition coefficient (Wildman–Crippen LogP) is 4.03. The summed E-state index contributed by atoms with van der Waals surface area (Å²) in [6, 6.07) is 11.6. The average Bonchev–Trinajstić information content (AvgIpc) is 2.50. The summed E-state index contributed by atoms with van der Waals surface area (Å²) < 4.78 is 52.9. The van der Waals surface area contributed by atoms with E-state index in [0.29, 0.717) is 24.4 Å². The summed E-state index contributed by atoms with van der Waals surface area (Å²) in [5, 5.41) is 3.00. The molecule has 4 nitrogen and oxygen atoms in total. The first-order chi connectivity index (χ1) is 11.4. The van der Waals surface area contributed by atoms with E-state index in [1.807, 2.05) is 0 Å². The van der Waals surface area contributed by atoms with Gasteiger partial charge in [-0.25, -0.2) is 0 Å². The van der Waals surface area contributed by atoms with Crippen LogP contribution in [0.2, 0.25) is 0 Å². The molecule has 1 aliphatic heterocycles. The van der Waals surface area contributed by atoms with Crippen molar-refractivity contribution in [2.45, 2.75) is 12.5 Å². The molecule has 8 heteroatoms. The van der Waals surface area contributed by atoms with E-state index in [1.54, 1.807) is 30.3 Å². The Kier molecular flexibility index (Phi) is 6.02. The van der Waals surface area contributed by atoms with E-state index in [1.165, 1.54) is 19.2 Å². The highest BCUT2D eigenvalue weighted by atomic mass is 35.5. The third kappa shape index (κ3) is 4.93. The number of methoxy groups -OCH3 is 1. The van der Waals surface area contributed by atoms with E-state index in [-0.39, 0.29) is 30.0 Å². The summed E-state index contributed by atoms with van der Waals surface area (Å²) in [5.74, 6) is 0.340. The van der Waals surface area contributed by atoms with Crippen molar-refractivity contribution in [3.8, 4) is 28.4 Å². The van der Waals surface area contributed by atoms with Crippen molar-refractivity contribution in [1.29, 1.82) is 0 Å². The SMILES string of the molecule is COc1cccc(-c2ccc(OC3CNC3)c(OC(F)(F)F)c2)c1.Cl. The Morgan fingerprint density at radius 2 is 1.72 bits per heavy atom. The standard InChI is InChI=1S/C17H16F3NO3.ClH/c1-22-13-4-2-3-11(7-13)12-5-6-15(23-14-9-21-10-14)16(8-12)24-17(18,19)20;/h2-8,14,21H,9-10H2,1H3;1H. The second-order valence-corrected chi connectivity index (χ2v) is 5.34. The highest BCUT2D eigenvalue weighted by Crippen LogP contribution is 2.37. The zero-order valence-electron chi connectivity index (χ0n) is 13.3. The van der Waals surface area contributed by atoms with Gasteiger partial charge in [-0.05, 0) is 35.4 Å². The third-order valence-electron chi connectivity index (χ3n) is 3.61. The van der Waals surface area contributed by atoms with E-state index in [4.69, 9.17) is 9.47 Å². The van der Waals surface area contributed by atoms with Gasteiger partial charge in [0, 0.05) is 13.1 Å². The summed E-state index contributed by atoms with van der Waals surface area (Å²) >= 11 is 0. The van der Waals surface area contributed by atoms with Crippen LogP contribution in [-0.4, -0.2) is 32.7 Å². The largest absolute Gasteiger partial charge is 0.573 e. The lowest BCUT2D eigenvalue weighted by molar-refractivity contribution is -0.275. The first kappa shape index (κ1) is 19.2. The highest BCUT2D eigenvalue weighted by Gasteiger charge is 2.33. The molecule has 0 saturated carbocycles. The van der Waals surface area contributed by atoms with Crippen LogP contribution in [0.25, 0.3) is 11.1 Å². The summed E-state index contributed by atoms with van der Waals surface area (Å²) in [6.07, 6.45) is -4.94. The molecule has 2 aromatic carbocycles. The molecule has 0 spiro atoms. The van der Waals surface area contributed by atoms with Crippen LogP contribution in [0.5, 0.6) is 17.2 Å². The minimum atomic E-state index is -4.79. The second kappa shape index (κ2) is 7.84. The normalized spacial score (nSPS) is 14.2. The molecule has 0 aliphatic carbocycles. The lowest BCUT2D eigenvalue weighted by Crippen LogP contribution is -2.50. The van der Waals surface area contributed by atoms with Gasteiger partial charge in [-0.1, -0.05) is 18.2 Å². The van der Waals surface area contributed by atoms with Crippen molar-refractivity contribution >= 4 is 12.4 Å². The predicted molar refractivity (Wildman–Crippen MR) is 89.6 cm³/mol. The minimum Gasteiger partial charge on any atom is -0.497 e. The van der Waals surface area contributed by atoms with Crippen LogP contribution in [0.1, 0.15) is 0 Å². The Balaban J connectivity index is 0.00000225. The van der Waals surface area contributed by atoms with Crippen molar-refractivity contribution in [2.24, 2.45) is 0 Å². The molecule has 0 radical (unpaired) electrons. The van der Waals surface area contributed by atoms with E-state index >= 15 is 0 Å². The smallest absolute Gasteiger partial charge is 0.497 e. The molecular formula is C17H17ClF3NO3. The van der Waals surface area contributed by atoms with Crippen LogP contribution in [0.4, 0.5) is 13.2 Å². The molecule has 1 saturated heterocycles. The van der Waals surface area contributed by atoms with Gasteiger partial charge >= 0.3 is 6.36 Å². The Hall–Kier alpha value is -2.12. The van der Waals surface area contributed by atoms with E-state index in [0.717, 1.165) is 5.56 Å². The van der Waals surface area contributed by atoms with Gasteiger partial charge < -0.3 is 19.5 Å². The average molecular weight is 376 g/mol. The first-order valence-corrected chi connectivity index (χ1v) is 7.36. The van der Waals surface area contributed by atoms with Crippen LogP contribution in [-0.2, 0) is 0 Å². The molecule has 2 aromatic rings. The van der Waals surface area contributed by atoms with Crippen molar-refractivity contribution in [1.82, 2.24) is 5.32 Å². The monoisotopic (exact) mass is 375 g/mol. The maximum atomic E-state index is 12.7. The molecule has 1 aliphatic rings. The van der Waals surface area contributed by atoms with Gasteiger partial charge in [-0.3, -0.25) is 0 Å². The fourth-order valence-electron chi connectivity index (χ4n) is 2.32. The minimum absolute atomic E-state index is 0. The zero-order chi connectivity index (χ0) is 17.2. The number of nitrogens with one attached hydrogen (secondary N) is 1. The Morgan fingerprint density at radius 1 is 1.00 bits per heavy atom. The number of halogens is 4. The van der Waals surface area contributed by atoms with Crippen molar-refractivity contribution in [2.75, 3.05) is 20.2 Å². The zero-order valence-corrected chi connectivity index (χ0v) is 14.1. The molecule has 0 atom stereocenters. The van der Waals surface area contributed by atoms with Crippen LogP contribution in [0, 0.1) is 0 Å². The Bertz CT molecular complexity index is 721. The summed E-state index contributed by atoms with van der Waals surface area (Å²) in [7, 11) is 1.53. The number of alkyl halides is 3. The van der Waals surface area contributed by atoms with Gasteiger partial charge in [0.1, 0.15) is 11.9 Å². The van der Waals surface area contributed by atoms with Gasteiger partial charge in [0.25, 0.3) is 0 Å². The molecular weight excluding hydrogens is 359 g/mol. The van der Waals surface area contributed by atoms with E-state index < -0.39 is 6.36 Å². The molecule has 136 valence electrons. The topological polar surface area (TPSA) is 39.7 Å². The fourth-order valence-corrected chi connectivity index (χ4v) is 2.32. The Morgan fingerprint density at radius 3 is 2.32 bits per heavy atom.